The van der Waals surface area contributed by atoms with Gasteiger partial charge in [-0.25, -0.2) is 9.97 Å². The van der Waals surface area contributed by atoms with Crippen LogP contribution < -0.4 is 10.2 Å². The van der Waals surface area contributed by atoms with Gasteiger partial charge in [0.05, 0.1) is 5.92 Å². The lowest BCUT2D eigenvalue weighted by Gasteiger charge is -2.31. The van der Waals surface area contributed by atoms with Crippen LogP contribution in [0.1, 0.15) is 43.7 Å². The monoisotopic (exact) mass is 354 g/mol. The summed E-state index contributed by atoms with van der Waals surface area (Å²) in [5.74, 6) is 1.06. The predicted octanol–water partition coefficient (Wildman–Crippen LogP) is 3.95. The number of aromatic nitrogens is 2. The Labute approximate surface area is 154 Å². The standard InChI is InChI=1S/C20H26N4O2/c1-13(2)16-6-4-5-14(3)19(16)23-17-11-18(22-12-21-17)24-9-7-15(8-10-24)20(25)26/h4-6,11-13,15H,7-10H2,1-3H3,(H,25,26)(H,21,22,23). The highest BCUT2D eigenvalue weighted by atomic mass is 16.4. The van der Waals surface area contributed by atoms with Crippen LogP contribution in [0.25, 0.3) is 0 Å². The van der Waals surface area contributed by atoms with E-state index < -0.39 is 5.97 Å². The summed E-state index contributed by atoms with van der Waals surface area (Å²) in [7, 11) is 0. The molecule has 0 spiro atoms. The van der Waals surface area contributed by atoms with E-state index in [1.165, 1.54) is 11.1 Å². The molecule has 1 aromatic carbocycles. The molecule has 0 unspecified atom stereocenters. The molecule has 0 bridgehead atoms. The van der Waals surface area contributed by atoms with Crippen molar-refractivity contribution in [2.75, 3.05) is 23.3 Å². The second-order valence-corrected chi connectivity index (χ2v) is 7.18. The number of hydrogen-bond acceptors (Lipinski definition) is 5. The van der Waals surface area contributed by atoms with Crippen molar-refractivity contribution in [2.45, 2.75) is 39.5 Å². The molecule has 0 aliphatic carbocycles. The van der Waals surface area contributed by atoms with Crippen LogP contribution in [0.5, 0.6) is 0 Å². The smallest absolute Gasteiger partial charge is 0.306 e. The molecular formula is C20H26N4O2. The summed E-state index contributed by atoms with van der Waals surface area (Å²) in [5.41, 5.74) is 3.53. The number of piperidine rings is 1. The van der Waals surface area contributed by atoms with Gasteiger partial charge in [-0.2, -0.15) is 0 Å². The summed E-state index contributed by atoms with van der Waals surface area (Å²) in [4.78, 5) is 22.0. The first-order valence-corrected chi connectivity index (χ1v) is 9.12. The second kappa shape index (κ2) is 7.72. The van der Waals surface area contributed by atoms with Crippen molar-refractivity contribution in [1.82, 2.24) is 9.97 Å². The fourth-order valence-electron chi connectivity index (χ4n) is 3.41. The highest BCUT2D eigenvalue weighted by Crippen LogP contribution is 2.30. The summed E-state index contributed by atoms with van der Waals surface area (Å²) in [6, 6.07) is 8.25. The Hall–Kier alpha value is -2.63. The van der Waals surface area contributed by atoms with E-state index in [9.17, 15) is 4.79 Å². The summed E-state index contributed by atoms with van der Waals surface area (Å²) in [6.45, 7) is 7.85. The van der Waals surface area contributed by atoms with Crippen LogP contribution in [0.4, 0.5) is 17.3 Å². The van der Waals surface area contributed by atoms with E-state index in [0.29, 0.717) is 31.8 Å². The molecule has 1 aliphatic heterocycles. The number of hydrogen-bond donors (Lipinski definition) is 2. The zero-order valence-corrected chi connectivity index (χ0v) is 15.6. The van der Waals surface area contributed by atoms with Crippen LogP contribution in [0.3, 0.4) is 0 Å². The van der Waals surface area contributed by atoms with Crippen LogP contribution in [0, 0.1) is 12.8 Å². The first kappa shape index (κ1) is 18.2. The minimum Gasteiger partial charge on any atom is -0.481 e. The Balaban J connectivity index is 1.78. The molecule has 26 heavy (non-hydrogen) atoms. The van der Waals surface area contributed by atoms with Gasteiger partial charge in [-0.15, -0.1) is 0 Å². The van der Waals surface area contributed by atoms with Crippen LogP contribution in [-0.2, 0) is 4.79 Å². The number of aliphatic carboxylic acids is 1. The van der Waals surface area contributed by atoms with Crippen molar-refractivity contribution >= 4 is 23.3 Å². The van der Waals surface area contributed by atoms with E-state index in [2.05, 4.69) is 59.2 Å². The molecule has 6 nitrogen and oxygen atoms in total. The Morgan fingerprint density at radius 3 is 2.65 bits per heavy atom. The van der Waals surface area contributed by atoms with Gasteiger partial charge in [0.15, 0.2) is 0 Å². The molecule has 1 fully saturated rings. The number of benzene rings is 1. The average Bonchev–Trinajstić information content (AvgIpc) is 2.63. The lowest BCUT2D eigenvalue weighted by molar-refractivity contribution is -0.142. The fraction of sp³-hybridized carbons (Fsp3) is 0.450. The average molecular weight is 354 g/mol. The largest absolute Gasteiger partial charge is 0.481 e. The maximum Gasteiger partial charge on any atom is 0.306 e. The maximum absolute atomic E-state index is 11.1. The van der Waals surface area contributed by atoms with Crippen molar-refractivity contribution in [1.29, 1.82) is 0 Å². The van der Waals surface area contributed by atoms with E-state index >= 15 is 0 Å². The first-order chi connectivity index (χ1) is 12.5. The van der Waals surface area contributed by atoms with Gasteiger partial charge >= 0.3 is 5.97 Å². The van der Waals surface area contributed by atoms with Gasteiger partial charge in [-0.3, -0.25) is 4.79 Å². The van der Waals surface area contributed by atoms with Crippen LogP contribution in [0.2, 0.25) is 0 Å². The van der Waals surface area contributed by atoms with Crippen LogP contribution in [-0.4, -0.2) is 34.1 Å². The van der Waals surface area contributed by atoms with Gasteiger partial charge in [0.2, 0.25) is 0 Å². The quantitative estimate of drug-likeness (QED) is 0.846. The zero-order chi connectivity index (χ0) is 18.7. The molecule has 2 aromatic rings. The Bertz CT molecular complexity index is 783. The number of rotatable bonds is 5. The summed E-state index contributed by atoms with van der Waals surface area (Å²) in [5, 5.41) is 12.6. The highest BCUT2D eigenvalue weighted by molar-refractivity contribution is 5.70. The number of nitrogens with zero attached hydrogens (tertiary/aromatic N) is 3. The predicted molar refractivity (Wildman–Crippen MR) is 103 cm³/mol. The molecule has 2 heterocycles. The van der Waals surface area contributed by atoms with E-state index in [1.807, 2.05) is 6.07 Å². The van der Waals surface area contributed by atoms with Gasteiger partial charge in [0.1, 0.15) is 18.0 Å². The summed E-state index contributed by atoms with van der Waals surface area (Å²) in [6.07, 6.45) is 2.86. The van der Waals surface area contributed by atoms with Gasteiger partial charge in [-0.05, 0) is 36.8 Å². The number of aryl methyl sites for hydroxylation is 1. The molecule has 2 N–H and O–H groups in total. The number of para-hydroxylation sites is 1. The normalized spacial score (nSPS) is 15.3. The van der Waals surface area contributed by atoms with Gasteiger partial charge in [0, 0.05) is 24.8 Å². The van der Waals surface area contributed by atoms with Crippen molar-refractivity contribution in [3.63, 3.8) is 0 Å². The van der Waals surface area contributed by atoms with Gasteiger partial charge in [-0.1, -0.05) is 32.0 Å². The number of carboxylic acids is 1. The minimum atomic E-state index is -0.699. The molecule has 1 saturated heterocycles. The Kier molecular flexibility index (Phi) is 5.40. The molecule has 138 valence electrons. The summed E-state index contributed by atoms with van der Waals surface area (Å²) < 4.78 is 0. The molecule has 0 atom stereocenters. The van der Waals surface area contributed by atoms with Gasteiger partial charge in [0.25, 0.3) is 0 Å². The van der Waals surface area contributed by atoms with Crippen LogP contribution >= 0.6 is 0 Å². The molecule has 3 rings (SSSR count). The molecule has 1 aromatic heterocycles. The Morgan fingerprint density at radius 2 is 2.00 bits per heavy atom. The maximum atomic E-state index is 11.1. The molecule has 0 saturated carbocycles. The highest BCUT2D eigenvalue weighted by Gasteiger charge is 2.25. The lowest BCUT2D eigenvalue weighted by atomic mass is 9.97. The third-order valence-electron chi connectivity index (χ3n) is 5.00. The zero-order valence-electron chi connectivity index (χ0n) is 15.6. The lowest BCUT2D eigenvalue weighted by Crippen LogP contribution is -2.36. The molecular weight excluding hydrogens is 328 g/mol. The number of carboxylic acid groups (broad SMARTS) is 1. The fourth-order valence-corrected chi connectivity index (χ4v) is 3.41. The minimum absolute atomic E-state index is 0.244. The van der Waals surface area contributed by atoms with Gasteiger partial charge < -0.3 is 15.3 Å². The molecule has 0 radical (unpaired) electrons. The number of nitrogens with one attached hydrogen (secondary N) is 1. The van der Waals surface area contributed by atoms with E-state index in [0.717, 1.165) is 17.3 Å². The van der Waals surface area contributed by atoms with E-state index in [1.54, 1.807) is 6.33 Å². The van der Waals surface area contributed by atoms with E-state index in [-0.39, 0.29) is 5.92 Å². The summed E-state index contributed by atoms with van der Waals surface area (Å²) >= 11 is 0. The van der Waals surface area contributed by atoms with Crippen molar-refractivity contribution in [3.05, 3.63) is 41.7 Å². The topological polar surface area (TPSA) is 78.4 Å². The van der Waals surface area contributed by atoms with Crippen molar-refractivity contribution in [3.8, 4) is 0 Å². The number of anilines is 3. The Morgan fingerprint density at radius 1 is 1.27 bits per heavy atom. The molecule has 6 heteroatoms. The second-order valence-electron chi connectivity index (χ2n) is 7.18. The van der Waals surface area contributed by atoms with E-state index in [4.69, 9.17) is 5.11 Å². The van der Waals surface area contributed by atoms with Crippen molar-refractivity contribution in [2.24, 2.45) is 5.92 Å². The number of carbonyl (C=O) groups is 1. The van der Waals surface area contributed by atoms with Crippen LogP contribution in [0.15, 0.2) is 30.6 Å². The molecule has 1 aliphatic rings. The molecule has 0 amide bonds. The first-order valence-electron chi connectivity index (χ1n) is 9.12. The SMILES string of the molecule is Cc1cccc(C(C)C)c1Nc1cc(N2CCC(C(=O)O)CC2)ncn1. The third-order valence-corrected chi connectivity index (χ3v) is 5.00. The third kappa shape index (κ3) is 3.95. The van der Waals surface area contributed by atoms with Crippen molar-refractivity contribution < 1.29 is 9.90 Å².